The molecule has 1 rings (SSSR count). The second-order valence-electron chi connectivity index (χ2n) is 5.27. The molecule has 130 valence electrons. The lowest BCUT2D eigenvalue weighted by atomic mass is 9.94. The van der Waals surface area contributed by atoms with Gasteiger partial charge in [0.2, 0.25) is 0 Å². The largest absolute Gasteiger partial charge is 0.394 e. The molecule has 1 aromatic rings. The Balaban J connectivity index is 3.28. The zero-order chi connectivity index (χ0) is 17.5. The summed E-state index contributed by atoms with van der Waals surface area (Å²) in [6.45, 7) is 1.73. The van der Waals surface area contributed by atoms with Gasteiger partial charge in [-0.05, 0) is 5.56 Å². The van der Waals surface area contributed by atoms with Crippen LogP contribution < -0.4 is 0 Å². The third-order valence-electron chi connectivity index (χ3n) is 3.78. The van der Waals surface area contributed by atoms with Crippen LogP contribution in [-0.2, 0) is 10.1 Å². The highest BCUT2D eigenvalue weighted by Gasteiger charge is 2.39. The van der Waals surface area contributed by atoms with Crippen molar-refractivity contribution in [2.75, 3.05) is 32.1 Å². The van der Waals surface area contributed by atoms with E-state index in [0.717, 1.165) is 5.56 Å². The standard InChI is InChI=1S/C15H23NO6S/c1-2-14(13-6-4-3-5-7-13)16(8-9-23(20,21)22)15(10-17,11-18)12-19/h2-7,14,17-19H,1,8-12H2,(H,20,21,22). The van der Waals surface area contributed by atoms with E-state index in [2.05, 4.69) is 6.58 Å². The topological polar surface area (TPSA) is 118 Å². The molecule has 4 N–H and O–H groups in total. The minimum Gasteiger partial charge on any atom is -0.394 e. The van der Waals surface area contributed by atoms with Crippen LogP contribution in [0.15, 0.2) is 43.0 Å². The maximum Gasteiger partial charge on any atom is 0.266 e. The molecule has 1 atom stereocenters. The predicted octanol–water partition coefficient (Wildman–Crippen LogP) is -0.181. The average Bonchev–Trinajstić information content (AvgIpc) is 2.54. The van der Waals surface area contributed by atoms with Crippen molar-refractivity contribution in [1.82, 2.24) is 4.90 Å². The van der Waals surface area contributed by atoms with E-state index in [9.17, 15) is 23.7 Å². The summed E-state index contributed by atoms with van der Waals surface area (Å²) in [6.07, 6.45) is 1.52. The molecular weight excluding hydrogens is 322 g/mol. The van der Waals surface area contributed by atoms with Crippen molar-refractivity contribution in [1.29, 1.82) is 0 Å². The fourth-order valence-electron chi connectivity index (χ4n) is 2.40. The van der Waals surface area contributed by atoms with Gasteiger partial charge in [0.15, 0.2) is 0 Å². The van der Waals surface area contributed by atoms with Crippen LogP contribution in [0.2, 0.25) is 0 Å². The zero-order valence-electron chi connectivity index (χ0n) is 12.7. The van der Waals surface area contributed by atoms with E-state index >= 15 is 0 Å². The van der Waals surface area contributed by atoms with Crippen molar-refractivity contribution in [2.45, 2.75) is 11.6 Å². The van der Waals surface area contributed by atoms with E-state index in [1.165, 1.54) is 11.0 Å². The summed E-state index contributed by atoms with van der Waals surface area (Å²) < 4.78 is 31.2. The van der Waals surface area contributed by atoms with Gasteiger partial charge in [-0.1, -0.05) is 36.4 Å². The van der Waals surface area contributed by atoms with Crippen LogP contribution in [-0.4, -0.2) is 70.8 Å². The van der Waals surface area contributed by atoms with Crippen LogP contribution in [0, 0.1) is 0 Å². The van der Waals surface area contributed by atoms with Crippen LogP contribution in [0.25, 0.3) is 0 Å². The smallest absolute Gasteiger partial charge is 0.266 e. The summed E-state index contributed by atoms with van der Waals surface area (Å²) in [5.74, 6) is -0.605. The summed E-state index contributed by atoms with van der Waals surface area (Å²) in [5, 5.41) is 29.0. The van der Waals surface area contributed by atoms with Crippen LogP contribution in [0.5, 0.6) is 0 Å². The van der Waals surface area contributed by atoms with E-state index in [-0.39, 0.29) is 6.54 Å². The minimum absolute atomic E-state index is 0.202. The number of hydrogen-bond acceptors (Lipinski definition) is 6. The van der Waals surface area contributed by atoms with Gasteiger partial charge in [-0.2, -0.15) is 8.42 Å². The quantitative estimate of drug-likeness (QED) is 0.343. The first-order chi connectivity index (χ1) is 10.8. The highest BCUT2D eigenvalue weighted by atomic mass is 32.2. The van der Waals surface area contributed by atoms with E-state index in [1.807, 2.05) is 6.07 Å². The normalized spacial score (nSPS) is 14.0. The van der Waals surface area contributed by atoms with Crippen molar-refractivity contribution in [2.24, 2.45) is 0 Å². The SMILES string of the molecule is C=CC(c1ccccc1)N(CCS(=O)(=O)O)C(CO)(CO)CO. The molecule has 0 radical (unpaired) electrons. The minimum atomic E-state index is -4.25. The number of aliphatic hydroxyl groups excluding tert-OH is 3. The van der Waals surface area contributed by atoms with Crippen LogP contribution in [0.3, 0.4) is 0 Å². The van der Waals surface area contributed by atoms with Gasteiger partial charge in [0.1, 0.15) is 0 Å². The average molecular weight is 345 g/mol. The van der Waals surface area contributed by atoms with Gasteiger partial charge < -0.3 is 15.3 Å². The molecule has 0 aliphatic rings. The van der Waals surface area contributed by atoms with Gasteiger partial charge in [0.05, 0.1) is 37.2 Å². The van der Waals surface area contributed by atoms with Gasteiger partial charge in [-0.3, -0.25) is 9.45 Å². The Kier molecular flexibility index (Phi) is 7.33. The monoisotopic (exact) mass is 345 g/mol. The molecular formula is C15H23NO6S. The fourth-order valence-corrected chi connectivity index (χ4v) is 2.83. The maximum absolute atomic E-state index is 11.1. The zero-order valence-corrected chi connectivity index (χ0v) is 13.6. The van der Waals surface area contributed by atoms with Gasteiger partial charge >= 0.3 is 0 Å². The highest BCUT2D eigenvalue weighted by Crippen LogP contribution is 2.29. The molecule has 0 aromatic heterocycles. The van der Waals surface area contributed by atoms with Gasteiger partial charge in [0.25, 0.3) is 10.1 Å². The predicted molar refractivity (Wildman–Crippen MR) is 86.5 cm³/mol. The Morgan fingerprint density at radius 3 is 2.04 bits per heavy atom. The molecule has 0 aliphatic carbocycles. The molecule has 0 fully saturated rings. The molecule has 0 heterocycles. The number of hydrogen-bond donors (Lipinski definition) is 4. The number of aliphatic hydroxyl groups is 3. The Hall–Kier alpha value is -1.29. The highest BCUT2D eigenvalue weighted by molar-refractivity contribution is 7.85. The Morgan fingerprint density at radius 1 is 1.13 bits per heavy atom. The molecule has 0 saturated heterocycles. The molecule has 0 spiro atoms. The summed E-state index contributed by atoms with van der Waals surface area (Å²) in [7, 11) is -4.25. The molecule has 1 aromatic carbocycles. The van der Waals surface area contributed by atoms with Gasteiger partial charge in [-0.15, -0.1) is 6.58 Å². The first-order valence-electron chi connectivity index (χ1n) is 7.05. The maximum atomic E-state index is 11.1. The van der Waals surface area contributed by atoms with E-state index in [0.29, 0.717) is 0 Å². The van der Waals surface area contributed by atoms with Gasteiger partial charge in [0, 0.05) is 6.54 Å². The van der Waals surface area contributed by atoms with Crippen molar-refractivity contribution in [3.05, 3.63) is 48.6 Å². The van der Waals surface area contributed by atoms with Crippen LogP contribution in [0.4, 0.5) is 0 Å². The molecule has 0 amide bonds. The van der Waals surface area contributed by atoms with Crippen LogP contribution in [0.1, 0.15) is 11.6 Å². The molecule has 8 heteroatoms. The first-order valence-corrected chi connectivity index (χ1v) is 8.66. The van der Waals surface area contributed by atoms with Gasteiger partial charge in [-0.25, -0.2) is 0 Å². The molecule has 0 saturated carbocycles. The molecule has 7 nitrogen and oxygen atoms in total. The molecule has 1 unspecified atom stereocenters. The summed E-state index contributed by atoms with van der Waals surface area (Å²) in [6, 6.07) is 8.37. The van der Waals surface area contributed by atoms with Crippen molar-refractivity contribution < 1.29 is 28.3 Å². The Morgan fingerprint density at radius 2 is 1.65 bits per heavy atom. The van der Waals surface area contributed by atoms with Crippen LogP contribution >= 0.6 is 0 Å². The van der Waals surface area contributed by atoms with E-state index < -0.39 is 47.3 Å². The lowest BCUT2D eigenvalue weighted by molar-refractivity contribution is -0.0583. The molecule has 0 bridgehead atoms. The summed E-state index contributed by atoms with van der Waals surface area (Å²) >= 11 is 0. The Bertz CT molecular complexity index is 577. The fraction of sp³-hybridized carbons (Fsp3) is 0.467. The number of benzene rings is 1. The second-order valence-corrected chi connectivity index (χ2v) is 6.84. The second kappa shape index (κ2) is 8.53. The molecule has 23 heavy (non-hydrogen) atoms. The summed E-state index contributed by atoms with van der Waals surface area (Å²) in [5.41, 5.74) is -0.711. The number of nitrogens with zero attached hydrogens (tertiary/aromatic N) is 1. The van der Waals surface area contributed by atoms with E-state index in [4.69, 9.17) is 4.55 Å². The summed E-state index contributed by atoms with van der Waals surface area (Å²) in [4.78, 5) is 1.43. The van der Waals surface area contributed by atoms with Crippen molar-refractivity contribution in [3.8, 4) is 0 Å². The Labute approximate surface area is 136 Å². The third-order valence-corrected chi connectivity index (χ3v) is 4.48. The third kappa shape index (κ3) is 5.10. The lowest BCUT2D eigenvalue weighted by Gasteiger charge is -2.44. The van der Waals surface area contributed by atoms with Crippen molar-refractivity contribution >= 4 is 10.1 Å². The first kappa shape index (κ1) is 19.8. The lowest BCUT2D eigenvalue weighted by Crippen LogP contribution is -2.59. The molecule has 0 aliphatic heterocycles. The number of rotatable bonds is 10. The van der Waals surface area contributed by atoms with Crippen molar-refractivity contribution in [3.63, 3.8) is 0 Å². The van der Waals surface area contributed by atoms with E-state index in [1.54, 1.807) is 24.3 Å².